The summed E-state index contributed by atoms with van der Waals surface area (Å²) in [5, 5.41) is 2.82. The standard InChI is InChI=1S/C20H23N3O2/c1-14-7-10-23(11-8-14)18-6-9-21-19(13-18)20(25)22-17-5-3-4-16(12-17)15(2)24/h3-6,9,12-14H,7-8,10-11H2,1-2H3,(H,22,25). The first-order chi connectivity index (χ1) is 12.0. The number of benzene rings is 1. The van der Waals surface area contributed by atoms with Crippen molar-refractivity contribution in [1.82, 2.24) is 4.98 Å². The number of hydrogen-bond acceptors (Lipinski definition) is 4. The SMILES string of the molecule is CC(=O)c1cccc(NC(=O)c2cc(N3CCC(C)CC3)ccn2)c1. The molecule has 3 rings (SSSR count). The van der Waals surface area contributed by atoms with E-state index in [4.69, 9.17) is 0 Å². The van der Waals surface area contributed by atoms with E-state index in [9.17, 15) is 9.59 Å². The van der Waals surface area contributed by atoms with Gasteiger partial charge in [-0.25, -0.2) is 0 Å². The highest BCUT2D eigenvalue weighted by molar-refractivity contribution is 6.04. The van der Waals surface area contributed by atoms with Crippen LogP contribution in [0.15, 0.2) is 42.6 Å². The summed E-state index contributed by atoms with van der Waals surface area (Å²) in [6.45, 7) is 5.79. The zero-order chi connectivity index (χ0) is 17.8. The van der Waals surface area contributed by atoms with Gasteiger partial charge < -0.3 is 10.2 Å². The topological polar surface area (TPSA) is 62.3 Å². The molecule has 2 heterocycles. The van der Waals surface area contributed by atoms with E-state index in [1.807, 2.05) is 12.1 Å². The molecule has 1 amide bonds. The van der Waals surface area contributed by atoms with Crippen molar-refractivity contribution in [2.24, 2.45) is 5.92 Å². The number of carbonyl (C=O) groups is 2. The molecule has 0 aliphatic carbocycles. The molecule has 1 saturated heterocycles. The molecular formula is C20H23N3O2. The van der Waals surface area contributed by atoms with Gasteiger partial charge in [0.05, 0.1) is 0 Å². The lowest BCUT2D eigenvalue weighted by atomic mass is 9.99. The number of carbonyl (C=O) groups excluding carboxylic acids is 2. The summed E-state index contributed by atoms with van der Waals surface area (Å²) in [5.74, 6) is 0.456. The first kappa shape index (κ1) is 17.1. The fraction of sp³-hybridized carbons (Fsp3) is 0.350. The van der Waals surface area contributed by atoms with Gasteiger partial charge in [0.15, 0.2) is 5.78 Å². The second kappa shape index (κ2) is 7.47. The Balaban J connectivity index is 1.73. The van der Waals surface area contributed by atoms with E-state index in [0.717, 1.165) is 24.7 Å². The Morgan fingerprint density at radius 1 is 1.16 bits per heavy atom. The first-order valence-corrected chi connectivity index (χ1v) is 8.66. The minimum absolute atomic E-state index is 0.0319. The van der Waals surface area contributed by atoms with E-state index in [0.29, 0.717) is 16.9 Å². The lowest BCUT2D eigenvalue weighted by Gasteiger charge is -2.32. The second-order valence-electron chi connectivity index (χ2n) is 6.66. The van der Waals surface area contributed by atoms with Gasteiger partial charge >= 0.3 is 0 Å². The molecule has 1 fully saturated rings. The Morgan fingerprint density at radius 3 is 2.64 bits per heavy atom. The summed E-state index contributed by atoms with van der Waals surface area (Å²) in [6.07, 6.45) is 4.01. The van der Waals surface area contributed by atoms with Gasteiger partial charge in [-0.1, -0.05) is 19.1 Å². The Hall–Kier alpha value is -2.69. The van der Waals surface area contributed by atoms with Crippen LogP contribution in [0.3, 0.4) is 0 Å². The van der Waals surface area contributed by atoms with E-state index >= 15 is 0 Å². The molecule has 1 aromatic carbocycles. The average molecular weight is 337 g/mol. The maximum absolute atomic E-state index is 12.5. The van der Waals surface area contributed by atoms with Crippen molar-refractivity contribution in [2.45, 2.75) is 26.7 Å². The van der Waals surface area contributed by atoms with Crippen molar-refractivity contribution >= 4 is 23.1 Å². The van der Waals surface area contributed by atoms with Crippen LogP contribution >= 0.6 is 0 Å². The van der Waals surface area contributed by atoms with Gasteiger partial charge in [0.25, 0.3) is 5.91 Å². The smallest absolute Gasteiger partial charge is 0.274 e. The Morgan fingerprint density at radius 2 is 1.92 bits per heavy atom. The van der Waals surface area contributed by atoms with E-state index in [-0.39, 0.29) is 11.7 Å². The third-order valence-corrected chi connectivity index (χ3v) is 4.65. The highest BCUT2D eigenvalue weighted by Gasteiger charge is 2.17. The minimum atomic E-state index is -0.270. The zero-order valence-corrected chi connectivity index (χ0v) is 14.7. The Bertz CT molecular complexity index is 780. The second-order valence-corrected chi connectivity index (χ2v) is 6.66. The molecule has 5 heteroatoms. The average Bonchev–Trinajstić information content (AvgIpc) is 2.62. The highest BCUT2D eigenvalue weighted by atomic mass is 16.2. The normalized spacial score (nSPS) is 15.0. The molecule has 25 heavy (non-hydrogen) atoms. The Labute approximate surface area is 148 Å². The van der Waals surface area contributed by atoms with E-state index < -0.39 is 0 Å². The summed E-state index contributed by atoms with van der Waals surface area (Å²) in [7, 11) is 0. The number of ketones is 1. The van der Waals surface area contributed by atoms with Crippen LogP contribution < -0.4 is 10.2 Å². The largest absolute Gasteiger partial charge is 0.371 e. The van der Waals surface area contributed by atoms with Crippen LogP contribution in [0.4, 0.5) is 11.4 Å². The molecule has 0 atom stereocenters. The summed E-state index contributed by atoms with van der Waals surface area (Å²) >= 11 is 0. The lowest BCUT2D eigenvalue weighted by molar-refractivity contribution is 0.100. The third kappa shape index (κ3) is 4.24. The maximum Gasteiger partial charge on any atom is 0.274 e. The van der Waals surface area contributed by atoms with Crippen LogP contribution in [0.2, 0.25) is 0 Å². The van der Waals surface area contributed by atoms with Crippen LogP contribution in [0.1, 0.15) is 47.5 Å². The van der Waals surface area contributed by atoms with E-state index in [1.54, 1.807) is 30.5 Å². The number of aromatic nitrogens is 1. The van der Waals surface area contributed by atoms with Crippen molar-refractivity contribution in [1.29, 1.82) is 0 Å². The third-order valence-electron chi connectivity index (χ3n) is 4.65. The van der Waals surface area contributed by atoms with Gasteiger partial charge in [-0.3, -0.25) is 14.6 Å². The molecule has 0 spiro atoms. The molecular weight excluding hydrogens is 314 g/mol. The first-order valence-electron chi connectivity index (χ1n) is 8.66. The highest BCUT2D eigenvalue weighted by Crippen LogP contribution is 2.23. The monoisotopic (exact) mass is 337 g/mol. The summed E-state index contributed by atoms with van der Waals surface area (Å²) < 4.78 is 0. The van der Waals surface area contributed by atoms with Gasteiger partial charge in [-0.05, 0) is 49.9 Å². The molecule has 1 aliphatic heterocycles. The van der Waals surface area contributed by atoms with Crippen molar-refractivity contribution < 1.29 is 9.59 Å². The van der Waals surface area contributed by atoms with Crippen molar-refractivity contribution in [3.8, 4) is 0 Å². The van der Waals surface area contributed by atoms with Crippen LogP contribution in [-0.2, 0) is 0 Å². The summed E-state index contributed by atoms with van der Waals surface area (Å²) in [6, 6.07) is 10.7. The predicted molar refractivity (Wildman–Crippen MR) is 99.2 cm³/mol. The number of hydrogen-bond donors (Lipinski definition) is 1. The zero-order valence-electron chi connectivity index (χ0n) is 14.7. The molecule has 130 valence electrons. The number of piperidine rings is 1. The van der Waals surface area contributed by atoms with Crippen LogP contribution in [0.5, 0.6) is 0 Å². The number of anilines is 2. The Kier molecular flexibility index (Phi) is 5.12. The molecule has 1 aliphatic rings. The molecule has 0 unspecified atom stereocenters. The van der Waals surface area contributed by atoms with Crippen molar-refractivity contribution in [3.63, 3.8) is 0 Å². The molecule has 0 saturated carbocycles. The number of Topliss-reactive ketones (excluding diaryl/α,β-unsaturated/α-hetero) is 1. The van der Waals surface area contributed by atoms with Crippen LogP contribution in [0.25, 0.3) is 0 Å². The molecule has 0 bridgehead atoms. The van der Waals surface area contributed by atoms with Gasteiger partial charge in [0.1, 0.15) is 5.69 Å². The van der Waals surface area contributed by atoms with Gasteiger partial charge in [-0.2, -0.15) is 0 Å². The minimum Gasteiger partial charge on any atom is -0.371 e. The fourth-order valence-electron chi connectivity index (χ4n) is 3.02. The maximum atomic E-state index is 12.5. The van der Waals surface area contributed by atoms with Gasteiger partial charge in [0, 0.05) is 36.2 Å². The molecule has 0 radical (unpaired) electrons. The number of nitrogens with one attached hydrogen (secondary N) is 1. The molecule has 5 nitrogen and oxygen atoms in total. The molecule has 2 aromatic rings. The van der Waals surface area contributed by atoms with Crippen LogP contribution in [0, 0.1) is 5.92 Å². The van der Waals surface area contributed by atoms with Crippen molar-refractivity contribution in [3.05, 3.63) is 53.9 Å². The number of rotatable bonds is 4. The fourth-order valence-corrected chi connectivity index (χ4v) is 3.02. The van der Waals surface area contributed by atoms with Gasteiger partial charge in [0.2, 0.25) is 0 Å². The number of amides is 1. The number of nitrogens with zero attached hydrogens (tertiary/aromatic N) is 2. The van der Waals surface area contributed by atoms with E-state index in [1.165, 1.54) is 19.8 Å². The summed E-state index contributed by atoms with van der Waals surface area (Å²) in [5.41, 5.74) is 2.58. The van der Waals surface area contributed by atoms with Crippen molar-refractivity contribution in [2.75, 3.05) is 23.3 Å². The van der Waals surface area contributed by atoms with E-state index in [2.05, 4.69) is 22.1 Å². The van der Waals surface area contributed by atoms with Gasteiger partial charge in [-0.15, -0.1) is 0 Å². The number of pyridine rings is 1. The molecule has 1 N–H and O–H groups in total. The molecule has 1 aromatic heterocycles. The van der Waals surface area contributed by atoms with Crippen LogP contribution in [-0.4, -0.2) is 29.8 Å². The summed E-state index contributed by atoms with van der Waals surface area (Å²) in [4.78, 5) is 30.5. The quantitative estimate of drug-likeness (QED) is 0.863. The lowest BCUT2D eigenvalue weighted by Crippen LogP contribution is -2.33. The predicted octanol–water partition coefficient (Wildman–Crippen LogP) is 3.77.